The van der Waals surface area contributed by atoms with Gasteiger partial charge < -0.3 is 10.2 Å². The van der Waals surface area contributed by atoms with Gasteiger partial charge in [0.15, 0.2) is 0 Å². The van der Waals surface area contributed by atoms with Crippen molar-refractivity contribution in [2.45, 2.75) is 48.5 Å². The molecular formula is C17H26O4. The third-order valence-corrected chi connectivity index (χ3v) is 4.14. The molecule has 1 aliphatic carbocycles. The molecular weight excluding hydrogens is 268 g/mol. The Morgan fingerprint density at radius 3 is 1.86 bits per heavy atom. The lowest BCUT2D eigenvalue weighted by molar-refractivity contribution is -0.150. The highest BCUT2D eigenvalue weighted by molar-refractivity contribution is 5.93. The number of carbonyl (C=O) groups is 2. The molecule has 0 bridgehead atoms. The average Bonchev–Trinajstić information content (AvgIpc) is 2.24. The molecule has 0 amide bonds. The largest absolute Gasteiger partial charge is 0.481 e. The Bertz CT molecular complexity index is 526. The number of rotatable bonds is 2. The van der Waals surface area contributed by atoms with Crippen LogP contribution in [0, 0.1) is 22.2 Å². The SMILES string of the molecule is CC(C)(C)C1=C(C(=O)O)C(C(C)(C)C)C(C)(C(=O)O)C=C1. The van der Waals surface area contributed by atoms with Gasteiger partial charge >= 0.3 is 11.9 Å². The molecule has 0 heterocycles. The van der Waals surface area contributed by atoms with Crippen molar-refractivity contribution in [2.75, 3.05) is 0 Å². The molecule has 21 heavy (non-hydrogen) atoms. The van der Waals surface area contributed by atoms with Gasteiger partial charge in [0.1, 0.15) is 0 Å². The summed E-state index contributed by atoms with van der Waals surface area (Å²) in [5.41, 5.74) is -1.13. The Balaban J connectivity index is 3.73. The molecule has 0 spiro atoms. The highest BCUT2D eigenvalue weighted by Gasteiger charge is 2.52. The summed E-state index contributed by atoms with van der Waals surface area (Å²) in [7, 11) is 0. The van der Waals surface area contributed by atoms with E-state index in [-0.39, 0.29) is 11.0 Å². The molecule has 4 nitrogen and oxygen atoms in total. The normalized spacial score (nSPS) is 26.9. The molecule has 1 aliphatic rings. The Morgan fingerprint density at radius 2 is 1.57 bits per heavy atom. The van der Waals surface area contributed by atoms with Gasteiger partial charge in [0.05, 0.1) is 5.41 Å². The lowest BCUT2D eigenvalue weighted by Crippen LogP contribution is -2.46. The summed E-state index contributed by atoms with van der Waals surface area (Å²) in [5, 5.41) is 19.4. The number of hydrogen-bond acceptors (Lipinski definition) is 2. The Hall–Kier alpha value is -1.58. The van der Waals surface area contributed by atoms with Gasteiger partial charge in [-0.15, -0.1) is 0 Å². The van der Waals surface area contributed by atoms with Crippen LogP contribution in [0.3, 0.4) is 0 Å². The van der Waals surface area contributed by atoms with Crippen LogP contribution in [0.15, 0.2) is 23.3 Å². The van der Waals surface area contributed by atoms with Crippen molar-refractivity contribution < 1.29 is 19.8 Å². The van der Waals surface area contributed by atoms with Crippen LogP contribution in [-0.4, -0.2) is 22.2 Å². The van der Waals surface area contributed by atoms with Crippen LogP contribution in [0.25, 0.3) is 0 Å². The van der Waals surface area contributed by atoms with E-state index in [1.807, 2.05) is 41.5 Å². The van der Waals surface area contributed by atoms with Crippen LogP contribution in [0.1, 0.15) is 48.5 Å². The monoisotopic (exact) mass is 294 g/mol. The first kappa shape index (κ1) is 17.5. The fourth-order valence-corrected chi connectivity index (χ4v) is 3.32. The van der Waals surface area contributed by atoms with E-state index in [9.17, 15) is 19.8 Å². The van der Waals surface area contributed by atoms with Crippen molar-refractivity contribution in [3.63, 3.8) is 0 Å². The van der Waals surface area contributed by atoms with Crippen LogP contribution < -0.4 is 0 Å². The Morgan fingerprint density at radius 1 is 1.10 bits per heavy atom. The van der Waals surface area contributed by atoms with Crippen molar-refractivity contribution >= 4 is 11.9 Å². The second-order valence-electron chi connectivity index (χ2n) is 8.10. The first-order valence-corrected chi connectivity index (χ1v) is 7.13. The summed E-state index contributed by atoms with van der Waals surface area (Å²) in [5.74, 6) is -2.62. The van der Waals surface area contributed by atoms with Gasteiger partial charge in [0, 0.05) is 11.5 Å². The van der Waals surface area contributed by atoms with E-state index in [4.69, 9.17) is 0 Å². The Kier molecular flexibility index (Phi) is 4.16. The third-order valence-electron chi connectivity index (χ3n) is 4.14. The van der Waals surface area contributed by atoms with E-state index in [1.54, 1.807) is 19.1 Å². The summed E-state index contributed by atoms with van der Waals surface area (Å²) >= 11 is 0. The molecule has 2 atom stereocenters. The molecule has 0 saturated heterocycles. The van der Waals surface area contributed by atoms with Gasteiger partial charge in [-0.1, -0.05) is 53.7 Å². The van der Waals surface area contributed by atoms with Crippen LogP contribution in [0.4, 0.5) is 0 Å². The standard InChI is InChI=1S/C17H26O4/c1-15(2,3)10-8-9-17(7,14(20)21)12(16(4,5)6)11(10)13(18)19/h8-9,12H,1-7H3,(H,18,19)(H,20,21). The highest BCUT2D eigenvalue weighted by atomic mass is 16.4. The predicted molar refractivity (Wildman–Crippen MR) is 81.9 cm³/mol. The topological polar surface area (TPSA) is 74.6 Å². The van der Waals surface area contributed by atoms with Crippen molar-refractivity contribution in [1.29, 1.82) is 0 Å². The minimum atomic E-state index is -1.22. The molecule has 0 aromatic carbocycles. The maximum Gasteiger partial charge on any atom is 0.332 e. The van der Waals surface area contributed by atoms with E-state index in [2.05, 4.69) is 0 Å². The molecule has 0 radical (unpaired) electrons. The fourth-order valence-electron chi connectivity index (χ4n) is 3.32. The minimum absolute atomic E-state index is 0.224. The van der Waals surface area contributed by atoms with Crippen molar-refractivity contribution in [1.82, 2.24) is 0 Å². The molecule has 118 valence electrons. The number of aliphatic carboxylic acids is 2. The third kappa shape index (κ3) is 3.04. The quantitative estimate of drug-likeness (QED) is 0.813. The molecule has 0 aromatic heterocycles. The van der Waals surface area contributed by atoms with Gasteiger partial charge in [-0.05, 0) is 23.3 Å². The zero-order valence-corrected chi connectivity index (χ0v) is 13.9. The van der Waals surface area contributed by atoms with Gasteiger partial charge in [-0.3, -0.25) is 4.79 Å². The number of hydrogen-bond donors (Lipinski definition) is 2. The van der Waals surface area contributed by atoms with Crippen molar-refractivity contribution in [2.24, 2.45) is 22.2 Å². The Labute approximate surface area is 126 Å². The summed E-state index contributed by atoms with van der Waals surface area (Å²) < 4.78 is 0. The first-order chi connectivity index (χ1) is 9.23. The molecule has 4 heteroatoms. The summed E-state index contributed by atoms with van der Waals surface area (Å²) in [6.45, 7) is 13.1. The molecule has 0 aliphatic heterocycles. The van der Waals surface area contributed by atoms with Crippen LogP contribution in [-0.2, 0) is 9.59 Å². The van der Waals surface area contributed by atoms with E-state index in [0.29, 0.717) is 5.57 Å². The highest BCUT2D eigenvalue weighted by Crippen LogP contribution is 2.52. The van der Waals surface area contributed by atoms with Crippen LogP contribution >= 0.6 is 0 Å². The maximum absolute atomic E-state index is 11.9. The minimum Gasteiger partial charge on any atom is -0.481 e. The maximum atomic E-state index is 11.9. The van der Waals surface area contributed by atoms with Crippen molar-refractivity contribution in [3.05, 3.63) is 23.3 Å². The molecule has 0 aromatic rings. The van der Waals surface area contributed by atoms with E-state index in [1.165, 1.54) is 0 Å². The van der Waals surface area contributed by atoms with Crippen LogP contribution in [0.2, 0.25) is 0 Å². The fraction of sp³-hybridized carbons (Fsp3) is 0.647. The second kappa shape index (κ2) is 5.00. The predicted octanol–water partition coefficient (Wildman–Crippen LogP) is 3.74. The number of allylic oxidation sites excluding steroid dienone is 2. The van der Waals surface area contributed by atoms with Gasteiger partial charge in [0.2, 0.25) is 0 Å². The number of carboxylic acid groups (broad SMARTS) is 2. The molecule has 0 fully saturated rings. The summed E-state index contributed by atoms with van der Waals surface area (Å²) in [6.07, 6.45) is 3.33. The van der Waals surface area contributed by atoms with Gasteiger partial charge in [-0.25, -0.2) is 4.79 Å². The summed E-state index contributed by atoms with van der Waals surface area (Å²) in [4.78, 5) is 23.7. The van der Waals surface area contributed by atoms with E-state index >= 15 is 0 Å². The lowest BCUT2D eigenvalue weighted by Gasteiger charge is -2.45. The molecule has 1 rings (SSSR count). The molecule has 0 saturated carbocycles. The second-order valence-corrected chi connectivity index (χ2v) is 8.10. The molecule has 2 unspecified atom stereocenters. The van der Waals surface area contributed by atoms with Gasteiger partial charge in [-0.2, -0.15) is 0 Å². The van der Waals surface area contributed by atoms with E-state index in [0.717, 1.165) is 0 Å². The van der Waals surface area contributed by atoms with Crippen molar-refractivity contribution in [3.8, 4) is 0 Å². The zero-order valence-electron chi connectivity index (χ0n) is 13.9. The zero-order chi connectivity index (χ0) is 16.8. The number of carboxylic acids is 2. The smallest absolute Gasteiger partial charge is 0.332 e. The van der Waals surface area contributed by atoms with E-state index < -0.39 is 28.7 Å². The lowest BCUT2D eigenvalue weighted by atomic mass is 9.57. The first-order valence-electron chi connectivity index (χ1n) is 7.13. The molecule has 2 N–H and O–H groups in total. The summed E-state index contributed by atoms with van der Waals surface area (Å²) in [6, 6.07) is 0. The van der Waals surface area contributed by atoms with Crippen LogP contribution in [0.5, 0.6) is 0 Å². The average molecular weight is 294 g/mol. The van der Waals surface area contributed by atoms with Gasteiger partial charge in [0.25, 0.3) is 0 Å².